The van der Waals surface area contributed by atoms with Gasteiger partial charge >= 0.3 is 0 Å². The standard InChI is InChI=1S/C15H29NO/c1-5-13-6-9-16(10-13)11-15(7-8-15)12-17-14(2,3)4/h13H,5-12H2,1-4H3/t13-/m0/s1. The molecule has 1 atom stereocenters. The maximum absolute atomic E-state index is 5.99. The van der Waals surface area contributed by atoms with Crippen LogP contribution >= 0.6 is 0 Å². The van der Waals surface area contributed by atoms with E-state index in [1.807, 2.05) is 0 Å². The molecule has 2 aliphatic rings. The molecule has 2 fully saturated rings. The Labute approximate surface area is 107 Å². The Hall–Kier alpha value is -0.0800. The van der Waals surface area contributed by atoms with Crippen molar-refractivity contribution in [3.63, 3.8) is 0 Å². The average molecular weight is 239 g/mol. The predicted octanol–water partition coefficient (Wildman–Crippen LogP) is 3.31. The Balaban J connectivity index is 1.75. The first-order valence-corrected chi connectivity index (χ1v) is 7.29. The van der Waals surface area contributed by atoms with Gasteiger partial charge in [0.1, 0.15) is 0 Å². The molecule has 0 N–H and O–H groups in total. The first kappa shape index (κ1) is 13.4. The molecule has 1 saturated heterocycles. The molecule has 2 heteroatoms. The molecule has 0 aromatic rings. The van der Waals surface area contributed by atoms with Gasteiger partial charge in [0.2, 0.25) is 0 Å². The molecule has 100 valence electrons. The van der Waals surface area contributed by atoms with Crippen LogP contribution in [0.1, 0.15) is 53.4 Å². The molecule has 0 amide bonds. The highest BCUT2D eigenvalue weighted by atomic mass is 16.5. The zero-order chi connectivity index (χ0) is 12.5. The molecule has 1 aliphatic carbocycles. The van der Waals surface area contributed by atoms with Crippen LogP contribution in [0.15, 0.2) is 0 Å². The molecular weight excluding hydrogens is 210 g/mol. The van der Waals surface area contributed by atoms with Crippen LogP contribution < -0.4 is 0 Å². The van der Waals surface area contributed by atoms with Crippen molar-refractivity contribution in [3.05, 3.63) is 0 Å². The molecule has 0 aromatic heterocycles. The van der Waals surface area contributed by atoms with Gasteiger partial charge in [0.25, 0.3) is 0 Å². The molecule has 0 unspecified atom stereocenters. The van der Waals surface area contributed by atoms with Crippen LogP contribution in [0.3, 0.4) is 0 Å². The van der Waals surface area contributed by atoms with E-state index >= 15 is 0 Å². The Morgan fingerprint density at radius 1 is 1.29 bits per heavy atom. The molecule has 0 aromatic carbocycles. The summed E-state index contributed by atoms with van der Waals surface area (Å²) in [6, 6.07) is 0. The first-order chi connectivity index (χ1) is 7.92. The van der Waals surface area contributed by atoms with E-state index in [0.29, 0.717) is 5.41 Å². The number of hydrogen-bond donors (Lipinski definition) is 0. The largest absolute Gasteiger partial charge is 0.375 e. The number of likely N-dealkylation sites (tertiary alicyclic amines) is 1. The van der Waals surface area contributed by atoms with Crippen molar-refractivity contribution in [2.24, 2.45) is 11.3 Å². The Morgan fingerprint density at radius 3 is 2.47 bits per heavy atom. The second kappa shape index (κ2) is 4.89. The lowest BCUT2D eigenvalue weighted by atomic mass is 10.1. The topological polar surface area (TPSA) is 12.5 Å². The predicted molar refractivity (Wildman–Crippen MR) is 72.2 cm³/mol. The summed E-state index contributed by atoms with van der Waals surface area (Å²) in [7, 11) is 0. The lowest BCUT2D eigenvalue weighted by molar-refractivity contribution is -0.0330. The highest BCUT2D eigenvalue weighted by Crippen LogP contribution is 2.47. The quantitative estimate of drug-likeness (QED) is 0.730. The van der Waals surface area contributed by atoms with Crippen molar-refractivity contribution in [2.45, 2.75) is 59.0 Å². The van der Waals surface area contributed by atoms with Crippen LogP contribution in [-0.4, -0.2) is 36.7 Å². The van der Waals surface area contributed by atoms with E-state index in [1.54, 1.807) is 0 Å². The van der Waals surface area contributed by atoms with E-state index in [-0.39, 0.29) is 5.60 Å². The summed E-state index contributed by atoms with van der Waals surface area (Å²) in [5, 5.41) is 0. The second-order valence-corrected chi connectivity index (χ2v) is 7.20. The summed E-state index contributed by atoms with van der Waals surface area (Å²) >= 11 is 0. The third-order valence-electron chi connectivity index (χ3n) is 4.27. The summed E-state index contributed by atoms with van der Waals surface area (Å²) in [5.74, 6) is 0.953. The van der Waals surface area contributed by atoms with Gasteiger partial charge in [-0.1, -0.05) is 13.3 Å². The van der Waals surface area contributed by atoms with Crippen LogP contribution in [0.5, 0.6) is 0 Å². The molecule has 0 bridgehead atoms. The van der Waals surface area contributed by atoms with Gasteiger partial charge in [0.15, 0.2) is 0 Å². The minimum atomic E-state index is 0.0204. The maximum Gasteiger partial charge on any atom is 0.0598 e. The van der Waals surface area contributed by atoms with Gasteiger partial charge in [0, 0.05) is 18.5 Å². The number of hydrogen-bond acceptors (Lipinski definition) is 2. The lowest BCUT2D eigenvalue weighted by Crippen LogP contribution is -2.33. The molecule has 1 aliphatic heterocycles. The van der Waals surface area contributed by atoms with Crippen molar-refractivity contribution in [1.29, 1.82) is 0 Å². The van der Waals surface area contributed by atoms with Crippen LogP contribution in [0.2, 0.25) is 0 Å². The summed E-state index contributed by atoms with van der Waals surface area (Å²) in [4.78, 5) is 2.67. The Kier molecular flexibility index (Phi) is 3.84. The molecule has 2 rings (SSSR count). The molecule has 17 heavy (non-hydrogen) atoms. The fourth-order valence-corrected chi connectivity index (χ4v) is 2.76. The van der Waals surface area contributed by atoms with Gasteiger partial charge in [-0.2, -0.15) is 0 Å². The minimum absolute atomic E-state index is 0.0204. The van der Waals surface area contributed by atoms with Gasteiger partial charge in [-0.25, -0.2) is 0 Å². The number of ether oxygens (including phenoxy) is 1. The maximum atomic E-state index is 5.99. The van der Waals surface area contributed by atoms with Gasteiger partial charge in [-0.05, 0) is 52.5 Å². The Morgan fingerprint density at radius 2 is 2.00 bits per heavy atom. The van der Waals surface area contributed by atoms with Crippen LogP contribution in [0, 0.1) is 11.3 Å². The average Bonchev–Trinajstić information content (AvgIpc) is 2.85. The van der Waals surface area contributed by atoms with Crippen molar-refractivity contribution >= 4 is 0 Å². The zero-order valence-corrected chi connectivity index (χ0v) is 12.1. The van der Waals surface area contributed by atoms with Gasteiger partial charge in [-0.15, -0.1) is 0 Å². The summed E-state index contributed by atoms with van der Waals surface area (Å²) in [5.41, 5.74) is 0.530. The molecule has 1 heterocycles. The van der Waals surface area contributed by atoms with Crippen molar-refractivity contribution in [2.75, 3.05) is 26.2 Å². The molecule has 2 nitrogen and oxygen atoms in total. The summed E-state index contributed by atoms with van der Waals surface area (Å²) in [6.07, 6.45) is 5.50. The first-order valence-electron chi connectivity index (χ1n) is 7.29. The third kappa shape index (κ3) is 3.96. The normalized spacial score (nSPS) is 28.6. The van der Waals surface area contributed by atoms with E-state index in [1.165, 1.54) is 45.3 Å². The van der Waals surface area contributed by atoms with Gasteiger partial charge in [0.05, 0.1) is 12.2 Å². The molecule has 0 radical (unpaired) electrons. The second-order valence-electron chi connectivity index (χ2n) is 7.20. The fourth-order valence-electron chi connectivity index (χ4n) is 2.76. The van der Waals surface area contributed by atoms with Crippen LogP contribution in [0.4, 0.5) is 0 Å². The third-order valence-corrected chi connectivity index (χ3v) is 4.27. The smallest absolute Gasteiger partial charge is 0.0598 e. The summed E-state index contributed by atoms with van der Waals surface area (Å²) in [6.45, 7) is 13.7. The van der Waals surface area contributed by atoms with Crippen molar-refractivity contribution in [1.82, 2.24) is 4.90 Å². The Bertz CT molecular complexity index is 252. The van der Waals surface area contributed by atoms with Crippen LogP contribution in [0.25, 0.3) is 0 Å². The van der Waals surface area contributed by atoms with E-state index < -0.39 is 0 Å². The monoisotopic (exact) mass is 239 g/mol. The highest BCUT2D eigenvalue weighted by molar-refractivity contribution is 4.97. The van der Waals surface area contributed by atoms with Crippen LogP contribution in [-0.2, 0) is 4.74 Å². The fraction of sp³-hybridized carbons (Fsp3) is 1.00. The van der Waals surface area contributed by atoms with E-state index in [2.05, 4.69) is 32.6 Å². The number of rotatable bonds is 5. The SMILES string of the molecule is CC[C@H]1CCN(CC2(COC(C)(C)C)CC2)C1. The molecular formula is C15H29NO. The molecule has 1 saturated carbocycles. The lowest BCUT2D eigenvalue weighted by Gasteiger charge is -2.27. The minimum Gasteiger partial charge on any atom is -0.375 e. The van der Waals surface area contributed by atoms with E-state index in [0.717, 1.165) is 12.5 Å². The van der Waals surface area contributed by atoms with Crippen molar-refractivity contribution in [3.8, 4) is 0 Å². The van der Waals surface area contributed by atoms with E-state index in [4.69, 9.17) is 4.74 Å². The molecule has 0 spiro atoms. The highest BCUT2D eigenvalue weighted by Gasteiger charge is 2.45. The summed E-state index contributed by atoms with van der Waals surface area (Å²) < 4.78 is 5.99. The van der Waals surface area contributed by atoms with Crippen molar-refractivity contribution < 1.29 is 4.74 Å². The van der Waals surface area contributed by atoms with Gasteiger partial charge in [-0.3, -0.25) is 0 Å². The number of nitrogens with zero attached hydrogens (tertiary/aromatic N) is 1. The zero-order valence-electron chi connectivity index (χ0n) is 12.1. The van der Waals surface area contributed by atoms with E-state index in [9.17, 15) is 0 Å². The van der Waals surface area contributed by atoms with Gasteiger partial charge < -0.3 is 9.64 Å².